The molecule has 1 spiro atoms. The van der Waals surface area contributed by atoms with Gasteiger partial charge in [-0.05, 0) is 183 Å². The first-order valence-corrected chi connectivity index (χ1v) is 22.0. The van der Waals surface area contributed by atoms with Crippen molar-refractivity contribution in [1.82, 2.24) is 10.6 Å². The number of ether oxygens (including phenoxy) is 4. The van der Waals surface area contributed by atoms with Gasteiger partial charge in [-0.2, -0.15) is 0 Å². The van der Waals surface area contributed by atoms with E-state index in [4.69, 9.17) is 18.9 Å². The summed E-state index contributed by atoms with van der Waals surface area (Å²) >= 11 is 8.51. The summed E-state index contributed by atoms with van der Waals surface area (Å²) in [7, 11) is 0. The Morgan fingerprint density at radius 2 is 1.41 bits per heavy atom. The summed E-state index contributed by atoms with van der Waals surface area (Å²) < 4.78 is 27.6. The fraction of sp³-hybridized carbons (Fsp3) is 0.214. The maximum Gasteiger partial charge on any atom is 0.340 e. The average Bonchev–Trinajstić information content (AvgIpc) is 3.44. The van der Waals surface area contributed by atoms with Crippen LogP contribution in [0.2, 0.25) is 0 Å². The molecule has 12 nitrogen and oxygen atoms in total. The molecular formula is C42H34I4N2O10. The van der Waals surface area contributed by atoms with Crippen molar-refractivity contribution in [3.8, 4) is 40.2 Å². The summed E-state index contributed by atoms with van der Waals surface area (Å²) in [4.78, 5) is 39.8. The number of rotatable bonds is 11. The van der Waals surface area contributed by atoms with Crippen molar-refractivity contribution >= 4 is 109 Å². The Morgan fingerprint density at radius 1 is 0.828 bits per heavy atom. The van der Waals surface area contributed by atoms with Crippen LogP contribution in [0.5, 0.6) is 40.2 Å². The van der Waals surface area contributed by atoms with E-state index < -0.39 is 29.2 Å². The topological polar surface area (TPSA) is 173 Å². The third-order valence-corrected chi connectivity index (χ3v) is 12.7. The van der Waals surface area contributed by atoms with Crippen LogP contribution in [0, 0.1) is 14.3 Å². The number of hydrogen-bond acceptors (Lipinski definition) is 11. The van der Waals surface area contributed by atoms with Gasteiger partial charge in [-0.25, -0.2) is 4.79 Å². The van der Waals surface area contributed by atoms with Crippen molar-refractivity contribution in [2.45, 2.75) is 57.5 Å². The van der Waals surface area contributed by atoms with Crippen LogP contribution in [-0.4, -0.2) is 45.3 Å². The van der Waals surface area contributed by atoms with Gasteiger partial charge in [0, 0.05) is 41.9 Å². The Kier molecular flexibility index (Phi) is 12.3. The second-order valence-corrected chi connectivity index (χ2v) is 19.2. The molecule has 2 aliphatic rings. The monoisotopic (exact) mass is 1230 g/mol. The van der Waals surface area contributed by atoms with E-state index in [2.05, 4.69) is 101 Å². The molecule has 0 saturated carbocycles. The first-order valence-electron chi connectivity index (χ1n) is 17.7. The van der Waals surface area contributed by atoms with Crippen LogP contribution < -0.4 is 20.1 Å². The molecular weight excluding hydrogens is 1200 g/mol. The average molecular weight is 1230 g/mol. The molecule has 0 aliphatic carbocycles. The van der Waals surface area contributed by atoms with E-state index in [9.17, 15) is 29.7 Å². The predicted octanol–water partition coefficient (Wildman–Crippen LogP) is 8.87. The number of fused-ring (bicyclic) bond motifs is 6. The molecule has 5 N–H and O–H groups in total. The summed E-state index contributed by atoms with van der Waals surface area (Å²) in [6.07, 6.45) is 0.782. The fourth-order valence-electron chi connectivity index (χ4n) is 7.04. The highest BCUT2D eigenvalue weighted by Gasteiger charge is 2.54. The van der Waals surface area contributed by atoms with Gasteiger partial charge in [-0.1, -0.05) is 12.1 Å². The van der Waals surface area contributed by atoms with Gasteiger partial charge in [0.2, 0.25) is 6.41 Å². The Bertz CT molecular complexity index is 2410. The molecule has 2 heterocycles. The maximum absolute atomic E-state index is 14.3. The zero-order chi connectivity index (χ0) is 41.7. The first kappa shape index (κ1) is 42.5. The van der Waals surface area contributed by atoms with Gasteiger partial charge in [-0.3, -0.25) is 14.9 Å². The van der Waals surface area contributed by atoms with Crippen LogP contribution >= 0.6 is 90.4 Å². The number of carbonyl (C=O) groups is 3. The lowest BCUT2D eigenvalue weighted by molar-refractivity contribution is -0.157. The molecule has 5 aromatic rings. The van der Waals surface area contributed by atoms with Gasteiger partial charge in [0.05, 0.1) is 19.8 Å². The van der Waals surface area contributed by atoms with Crippen LogP contribution in [0.25, 0.3) is 0 Å². The highest BCUT2D eigenvalue weighted by atomic mass is 127. The standard InChI is InChI=1S/C42H34I4N2O10/c1-41(2,3)57-39(53)33(12-20-10-31(45)38(32(46)11-20)55-24-15-29(43)37(52)30(44)16-24)48-18-25-21(17-47-19-49)4-7-28-36(25)40(54)58-42(28)26-8-5-22(50)13-34(26)56-35-14-23(51)6-9-27(35)42/h4-11,13-16,19,33,48,50-52H,12,17-18H2,1-3H3,(H,47,49)/t33-/m0/s1. The lowest BCUT2D eigenvalue weighted by Gasteiger charge is -2.36. The Morgan fingerprint density at radius 3 is 1.98 bits per heavy atom. The van der Waals surface area contributed by atoms with Crippen molar-refractivity contribution in [2.75, 3.05) is 0 Å². The zero-order valence-electron chi connectivity index (χ0n) is 30.9. The zero-order valence-corrected chi connectivity index (χ0v) is 39.5. The predicted molar refractivity (Wildman–Crippen MR) is 247 cm³/mol. The van der Waals surface area contributed by atoms with Crippen molar-refractivity contribution < 1.29 is 48.7 Å². The summed E-state index contributed by atoms with van der Waals surface area (Å²) in [6.45, 7) is 5.45. The number of amides is 1. The number of aromatic hydroxyl groups is 3. The molecule has 1 atom stereocenters. The highest BCUT2D eigenvalue weighted by molar-refractivity contribution is 14.1. The van der Waals surface area contributed by atoms with Crippen molar-refractivity contribution in [3.63, 3.8) is 0 Å². The molecule has 5 aromatic carbocycles. The van der Waals surface area contributed by atoms with E-state index in [0.717, 1.165) is 12.7 Å². The molecule has 0 saturated heterocycles. The SMILES string of the molecule is CC(C)(C)OC(=O)[C@H](Cc1cc(I)c(Oc2cc(I)c(O)c(I)c2)c(I)c1)NCc1c(CNC=O)ccc2c1C(=O)OC21c2ccc(O)cc2Oc2cc(O)ccc21. The molecule has 1 amide bonds. The number of carbonyl (C=O) groups excluding carboxylic acids is 3. The lowest BCUT2D eigenvalue weighted by Crippen LogP contribution is -2.43. The van der Waals surface area contributed by atoms with Gasteiger partial charge < -0.3 is 39.6 Å². The van der Waals surface area contributed by atoms with E-state index in [1.165, 1.54) is 24.3 Å². The van der Waals surface area contributed by atoms with E-state index in [-0.39, 0.29) is 53.8 Å². The summed E-state index contributed by atoms with van der Waals surface area (Å²) in [5, 5.41) is 37.1. The van der Waals surface area contributed by atoms with Crippen molar-refractivity contribution in [1.29, 1.82) is 0 Å². The van der Waals surface area contributed by atoms with Crippen molar-refractivity contribution in [3.05, 3.63) is 126 Å². The van der Waals surface area contributed by atoms with Crippen LogP contribution in [0.3, 0.4) is 0 Å². The van der Waals surface area contributed by atoms with Gasteiger partial charge in [0.1, 0.15) is 46.1 Å². The van der Waals surface area contributed by atoms with E-state index >= 15 is 0 Å². The number of benzene rings is 5. The normalized spacial score (nSPS) is 14.1. The highest BCUT2D eigenvalue weighted by Crippen LogP contribution is 2.57. The number of esters is 2. The minimum Gasteiger partial charge on any atom is -0.508 e. The number of phenols is 3. The number of phenolic OH excluding ortho intramolecular Hbond substituents is 3. The largest absolute Gasteiger partial charge is 0.508 e. The molecule has 2 aliphatic heterocycles. The first-order chi connectivity index (χ1) is 27.5. The van der Waals surface area contributed by atoms with Crippen LogP contribution in [0.4, 0.5) is 0 Å². The Hall–Kier alpha value is -3.61. The van der Waals surface area contributed by atoms with E-state index in [0.29, 0.717) is 52.9 Å². The molecule has 0 fully saturated rings. The molecule has 58 heavy (non-hydrogen) atoms. The van der Waals surface area contributed by atoms with E-state index in [1.54, 1.807) is 57.2 Å². The fourth-order valence-corrected chi connectivity index (χ4v) is 10.9. The molecule has 7 rings (SSSR count). The van der Waals surface area contributed by atoms with Gasteiger partial charge in [0.25, 0.3) is 0 Å². The number of nitrogens with one attached hydrogen (secondary N) is 2. The third-order valence-electron chi connectivity index (χ3n) is 9.45. The molecule has 0 aromatic heterocycles. The molecule has 0 unspecified atom stereocenters. The number of hydrogen-bond donors (Lipinski definition) is 5. The van der Waals surface area contributed by atoms with Crippen LogP contribution in [-0.2, 0) is 44.2 Å². The smallest absolute Gasteiger partial charge is 0.340 e. The van der Waals surface area contributed by atoms with Crippen LogP contribution in [0.1, 0.15) is 64.5 Å². The second-order valence-electron chi connectivity index (χ2n) is 14.6. The third kappa shape index (κ3) is 8.39. The quantitative estimate of drug-likeness (QED) is 0.0486. The molecule has 0 bridgehead atoms. The maximum atomic E-state index is 14.3. The Balaban J connectivity index is 1.27. The van der Waals surface area contributed by atoms with Gasteiger partial charge in [-0.15, -0.1) is 0 Å². The van der Waals surface area contributed by atoms with Crippen LogP contribution in [0.15, 0.2) is 72.8 Å². The summed E-state index contributed by atoms with van der Waals surface area (Å²) in [6, 6.07) is 19.1. The number of halogens is 4. The second kappa shape index (κ2) is 16.8. The molecule has 0 radical (unpaired) electrons. The Labute approximate surface area is 387 Å². The van der Waals surface area contributed by atoms with Crippen molar-refractivity contribution in [2.24, 2.45) is 0 Å². The van der Waals surface area contributed by atoms with E-state index in [1.807, 2.05) is 12.1 Å². The summed E-state index contributed by atoms with van der Waals surface area (Å²) in [5.74, 6) is 0.593. The summed E-state index contributed by atoms with van der Waals surface area (Å²) in [5.41, 5.74) is 1.28. The minimum atomic E-state index is -1.51. The lowest BCUT2D eigenvalue weighted by atomic mass is 9.76. The molecule has 16 heteroatoms. The minimum absolute atomic E-state index is 0.00298. The van der Waals surface area contributed by atoms with Gasteiger partial charge in [0.15, 0.2) is 11.4 Å². The van der Waals surface area contributed by atoms with Gasteiger partial charge >= 0.3 is 11.9 Å². The molecule has 300 valence electrons.